The Morgan fingerprint density at radius 3 is 2.35 bits per heavy atom. The van der Waals surface area contributed by atoms with Crippen LogP contribution in [-0.4, -0.2) is 32.7 Å². The summed E-state index contributed by atoms with van der Waals surface area (Å²) in [5, 5.41) is 0. The van der Waals surface area contributed by atoms with Gasteiger partial charge in [0.05, 0.1) is 29.2 Å². The van der Waals surface area contributed by atoms with E-state index >= 15 is 0 Å². The summed E-state index contributed by atoms with van der Waals surface area (Å²) in [6.07, 6.45) is 3.49. The highest BCUT2D eigenvalue weighted by Gasteiger charge is 2.14. The van der Waals surface area contributed by atoms with Crippen LogP contribution in [0.4, 0.5) is 0 Å². The second-order valence-corrected chi connectivity index (χ2v) is 5.48. The lowest BCUT2D eigenvalue weighted by molar-refractivity contribution is 0.101. The van der Waals surface area contributed by atoms with E-state index in [4.69, 9.17) is 23.2 Å². The number of carbonyl (C=O) groups is 2. The predicted octanol–water partition coefficient (Wildman–Crippen LogP) is 3.84. The fourth-order valence-electron chi connectivity index (χ4n) is 2.43. The molecule has 4 nitrogen and oxygen atoms in total. The third-order valence-corrected chi connectivity index (χ3v) is 4.06. The second kappa shape index (κ2) is 6.52. The quantitative estimate of drug-likeness (QED) is 0.520. The molecule has 2 aromatic heterocycles. The minimum atomic E-state index is -0.218. The summed E-state index contributed by atoms with van der Waals surface area (Å²) in [6, 6.07) is 10.8. The zero-order chi connectivity index (χ0) is 16.4. The van der Waals surface area contributed by atoms with Crippen molar-refractivity contribution in [1.82, 2.24) is 9.38 Å². The van der Waals surface area contributed by atoms with Crippen LogP contribution in [0.1, 0.15) is 20.8 Å². The van der Waals surface area contributed by atoms with Crippen molar-refractivity contribution < 1.29 is 9.59 Å². The molecule has 0 radical (unpaired) electrons. The maximum atomic E-state index is 11.9. The summed E-state index contributed by atoms with van der Waals surface area (Å²) >= 11 is 11.2. The molecule has 23 heavy (non-hydrogen) atoms. The second-order valence-electron chi connectivity index (χ2n) is 4.95. The number of nitrogens with zero attached hydrogens (tertiary/aromatic N) is 2. The number of Topliss-reactive ketones (excluding diaryl/α,β-unsaturated/α-hetero) is 2. The number of benzene rings is 1. The van der Waals surface area contributed by atoms with Gasteiger partial charge in [-0.3, -0.25) is 9.59 Å². The van der Waals surface area contributed by atoms with E-state index in [0.29, 0.717) is 16.8 Å². The fourth-order valence-corrected chi connectivity index (χ4v) is 2.71. The number of carbonyl (C=O) groups excluding carboxylic acids is 2. The summed E-state index contributed by atoms with van der Waals surface area (Å²) in [6.45, 7) is 0. The van der Waals surface area contributed by atoms with Crippen molar-refractivity contribution in [2.45, 2.75) is 0 Å². The van der Waals surface area contributed by atoms with Crippen molar-refractivity contribution in [3.8, 4) is 11.3 Å². The largest absolute Gasteiger partial charge is 0.313 e. The zero-order valence-electron chi connectivity index (χ0n) is 12.0. The van der Waals surface area contributed by atoms with Gasteiger partial charge in [-0.15, -0.1) is 23.2 Å². The van der Waals surface area contributed by atoms with Gasteiger partial charge in [0.1, 0.15) is 5.69 Å². The van der Waals surface area contributed by atoms with Crippen LogP contribution in [-0.2, 0) is 0 Å². The number of fused-ring (bicyclic) bond motifs is 1. The van der Waals surface area contributed by atoms with E-state index in [1.807, 2.05) is 34.9 Å². The molecule has 3 rings (SSSR count). The van der Waals surface area contributed by atoms with Gasteiger partial charge in [0, 0.05) is 17.3 Å². The van der Waals surface area contributed by atoms with Crippen molar-refractivity contribution in [2.24, 2.45) is 0 Å². The number of rotatable bonds is 5. The SMILES string of the molecule is O=C(CCl)c1ccc(-c2cnc(C(=O)CCl)c3cccn23)cc1. The first kappa shape index (κ1) is 15.7. The molecule has 1 aromatic carbocycles. The van der Waals surface area contributed by atoms with Crippen molar-refractivity contribution in [1.29, 1.82) is 0 Å². The molecule has 116 valence electrons. The lowest BCUT2D eigenvalue weighted by atomic mass is 10.1. The van der Waals surface area contributed by atoms with Gasteiger partial charge in [0.15, 0.2) is 11.6 Å². The first-order valence-corrected chi connectivity index (χ1v) is 7.97. The lowest BCUT2D eigenvalue weighted by Crippen LogP contribution is -2.07. The summed E-state index contributed by atoms with van der Waals surface area (Å²) in [4.78, 5) is 27.7. The van der Waals surface area contributed by atoms with Gasteiger partial charge in [0.2, 0.25) is 0 Å². The molecule has 0 atom stereocenters. The monoisotopic (exact) mass is 346 g/mol. The van der Waals surface area contributed by atoms with Gasteiger partial charge < -0.3 is 4.40 Å². The Morgan fingerprint density at radius 2 is 1.70 bits per heavy atom. The minimum absolute atomic E-state index is 0.0437. The van der Waals surface area contributed by atoms with E-state index < -0.39 is 0 Å². The van der Waals surface area contributed by atoms with E-state index in [2.05, 4.69) is 4.98 Å². The first-order valence-electron chi connectivity index (χ1n) is 6.90. The Bertz CT molecular complexity index is 885. The van der Waals surface area contributed by atoms with Crippen LogP contribution in [0, 0.1) is 0 Å². The number of ketones is 2. The normalized spacial score (nSPS) is 10.9. The van der Waals surface area contributed by atoms with Crippen molar-refractivity contribution in [3.05, 3.63) is 60.0 Å². The molecule has 0 spiro atoms. The Labute approximate surface area is 142 Å². The Kier molecular flexibility index (Phi) is 4.46. The Morgan fingerprint density at radius 1 is 1.00 bits per heavy atom. The smallest absolute Gasteiger partial charge is 0.198 e. The van der Waals surface area contributed by atoms with Gasteiger partial charge in [-0.2, -0.15) is 0 Å². The standard InChI is InChI=1S/C17H12Cl2N2O2/c18-8-15(22)12-5-3-11(4-6-12)14-10-20-17(16(23)9-19)13-2-1-7-21(13)14/h1-7,10H,8-9H2. The maximum absolute atomic E-state index is 11.9. The Balaban J connectivity index is 2.09. The molecule has 0 bridgehead atoms. The van der Waals surface area contributed by atoms with Crippen molar-refractivity contribution in [3.63, 3.8) is 0 Å². The van der Waals surface area contributed by atoms with Crippen LogP contribution in [0.3, 0.4) is 0 Å². The molecule has 0 saturated heterocycles. The number of hydrogen-bond acceptors (Lipinski definition) is 3. The molecule has 0 N–H and O–H groups in total. The third-order valence-electron chi connectivity index (χ3n) is 3.58. The molecule has 0 saturated carbocycles. The van der Waals surface area contributed by atoms with Crippen LogP contribution in [0.5, 0.6) is 0 Å². The number of aromatic nitrogens is 2. The Hall–Kier alpha value is -2.17. The van der Waals surface area contributed by atoms with E-state index in [1.54, 1.807) is 18.3 Å². The molecule has 0 unspecified atom stereocenters. The van der Waals surface area contributed by atoms with Gasteiger partial charge in [-0.1, -0.05) is 24.3 Å². The van der Waals surface area contributed by atoms with E-state index in [-0.39, 0.29) is 23.3 Å². The lowest BCUT2D eigenvalue weighted by Gasteiger charge is -2.09. The van der Waals surface area contributed by atoms with Crippen LogP contribution in [0.2, 0.25) is 0 Å². The molecule has 3 aromatic rings. The minimum Gasteiger partial charge on any atom is -0.313 e. The van der Waals surface area contributed by atoms with Crippen LogP contribution in [0.15, 0.2) is 48.8 Å². The number of halogens is 2. The first-order chi connectivity index (χ1) is 11.2. The summed E-state index contributed by atoms with van der Waals surface area (Å²) in [5.74, 6) is -0.490. The molecule has 0 aliphatic rings. The molecule has 2 heterocycles. The highest BCUT2D eigenvalue weighted by Crippen LogP contribution is 2.23. The van der Waals surface area contributed by atoms with Gasteiger partial charge in [0.25, 0.3) is 0 Å². The van der Waals surface area contributed by atoms with Crippen molar-refractivity contribution >= 4 is 40.3 Å². The molecule has 0 amide bonds. The van der Waals surface area contributed by atoms with Crippen LogP contribution in [0.25, 0.3) is 16.8 Å². The van der Waals surface area contributed by atoms with E-state index in [9.17, 15) is 9.59 Å². The molecular weight excluding hydrogens is 335 g/mol. The van der Waals surface area contributed by atoms with E-state index in [1.165, 1.54) is 0 Å². The molecular formula is C17H12Cl2N2O2. The van der Waals surface area contributed by atoms with E-state index in [0.717, 1.165) is 11.3 Å². The van der Waals surface area contributed by atoms with Crippen LogP contribution >= 0.6 is 23.2 Å². The summed E-state index contributed by atoms with van der Waals surface area (Å²) in [7, 11) is 0. The molecule has 0 aliphatic carbocycles. The maximum Gasteiger partial charge on any atom is 0.198 e. The van der Waals surface area contributed by atoms with Crippen molar-refractivity contribution in [2.75, 3.05) is 11.8 Å². The van der Waals surface area contributed by atoms with Gasteiger partial charge in [-0.05, 0) is 12.1 Å². The van der Waals surface area contributed by atoms with Crippen LogP contribution < -0.4 is 0 Å². The average molecular weight is 347 g/mol. The fraction of sp³-hybridized carbons (Fsp3) is 0.118. The predicted molar refractivity (Wildman–Crippen MR) is 90.7 cm³/mol. The molecule has 6 heteroatoms. The summed E-state index contributed by atoms with van der Waals surface area (Å²) < 4.78 is 1.88. The van der Waals surface area contributed by atoms with Gasteiger partial charge >= 0.3 is 0 Å². The molecule has 0 aliphatic heterocycles. The third kappa shape index (κ3) is 2.87. The summed E-state index contributed by atoms with van der Waals surface area (Å²) in [5.41, 5.74) is 3.32. The zero-order valence-corrected chi connectivity index (χ0v) is 13.5. The highest BCUT2D eigenvalue weighted by molar-refractivity contribution is 6.31. The average Bonchev–Trinajstić information content (AvgIpc) is 3.09. The number of hydrogen-bond donors (Lipinski definition) is 0. The highest BCUT2D eigenvalue weighted by atomic mass is 35.5. The van der Waals surface area contributed by atoms with Gasteiger partial charge in [-0.25, -0.2) is 4.98 Å². The molecule has 0 fully saturated rings. The topological polar surface area (TPSA) is 51.4 Å². The number of alkyl halides is 2.